The fourth-order valence-electron chi connectivity index (χ4n) is 3.98. The third kappa shape index (κ3) is 9.28. The Morgan fingerprint density at radius 2 is 1.69 bits per heavy atom. The molecule has 9 nitrogen and oxygen atoms in total. The highest BCUT2D eigenvalue weighted by molar-refractivity contribution is 5.99. The number of primary amides is 1. The summed E-state index contributed by atoms with van der Waals surface area (Å²) in [4.78, 5) is 53.4. The molecule has 4 N–H and O–H groups in total. The van der Waals surface area contributed by atoms with Crippen LogP contribution in [0.25, 0.3) is 0 Å². The van der Waals surface area contributed by atoms with E-state index in [1.165, 1.54) is 11.0 Å². The Morgan fingerprint density at radius 1 is 1.03 bits per heavy atom. The van der Waals surface area contributed by atoms with Gasteiger partial charge in [0, 0.05) is 18.7 Å². The molecule has 4 amide bonds. The van der Waals surface area contributed by atoms with Crippen molar-refractivity contribution in [2.24, 2.45) is 5.73 Å². The van der Waals surface area contributed by atoms with Crippen molar-refractivity contribution >= 4 is 29.5 Å². The molecule has 0 fully saturated rings. The summed E-state index contributed by atoms with van der Waals surface area (Å²) >= 11 is 0. The van der Waals surface area contributed by atoms with Gasteiger partial charge in [0.05, 0.1) is 0 Å². The SMILES string of the molecule is C=CCN(C(=O)C(CCC(N)=O)NC(=O)OC(C)(C)C)C(C(=O)Nc1ccccc1C)c1ccc(C)c(C)c1. The van der Waals surface area contributed by atoms with Crippen LogP contribution in [0.4, 0.5) is 10.5 Å². The van der Waals surface area contributed by atoms with Crippen LogP contribution >= 0.6 is 0 Å². The van der Waals surface area contributed by atoms with Gasteiger partial charge >= 0.3 is 6.09 Å². The highest BCUT2D eigenvalue weighted by atomic mass is 16.6. The monoisotopic (exact) mass is 536 g/mol. The summed E-state index contributed by atoms with van der Waals surface area (Å²) in [5.74, 6) is -1.64. The van der Waals surface area contributed by atoms with Crippen LogP contribution in [0.2, 0.25) is 0 Å². The minimum absolute atomic E-state index is 0.000680. The van der Waals surface area contributed by atoms with Crippen LogP contribution in [0, 0.1) is 20.8 Å². The molecule has 0 aliphatic carbocycles. The number of anilines is 1. The minimum Gasteiger partial charge on any atom is -0.444 e. The summed E-state index contributed by atoms with van der Waals surface area (Å²) in [6.45, 7) is 14.6. The van der Waals surface area contributed by atoms with Gasteiger partial charge < -0.3 is 26.0 Å². The van der Waals surface area contributed by atoms with Crippen molar-refractivity contribution in [2.75, 3.05) is 11.9 Å². The molecule has 9 heteroatoms. The van der Waals surface area contributed by atoms with E-state index in [1.807, 2.05) is 51.1 Å². The van der Waals surface area contributed by atoms with E-state index in [9.17, 15) is 19.2 Å². The molecule has 2 rings (SSSR count). The maximum Gasteiger partial charge on any atom is 0.408 e. The van der Waals surface area contributed by atoms with E-state index in [0.29, 0.717) is 11.3 Å². The molecule has 0 aromatic heterocycles. The molecule has 0 bridgehead atoms. The largest absolute Gasteiger partial charge is 0.444 e. The third-order valence-electron chi connectivity index (χ3n) is 6.09. The lowest BCUT2D eigenvalue weighted by atomic mass is 9.97. The van der Waals surface area contributed by atoms with Crippen LogP contribution < -0.4 is 16.4 Å². The van der Waals surface area contributed by atoms with Gasteiger partial charge in [-0.15, -0.1) is 6.58 Å². The van der Waals surface area contributed by atoms with Crippen LogP contribution in [0.3, 0.4) is 0 Å². The molecule has 0 aliphatic heterocycles. The number of carbonyl (C=O) groups excluding carboxylic acids is 4. The van der Waals surface area contributed by atoms with E-state index in [0.717, 1.165) is 16.7 Å². The Kier molecular flexibility index (Phi) is 10.8. The second kappa shape index (κ2) is 13.6. The van der Waals surface area contributed by atoms with E-state index in [-0.39, 0.29) is 19.4 Å². The summed E-state index contributed by atoms with van der Waals surface area (Å²) in [5.41, 5.74) is 8.58. The molecular weight excluding hydrogens is 496 g/mol. The number of amides is 4. The van der Waals surface area contributed by atoms with E-state index < -0.39 is 41.5 Å². The van der Waals surface area contributed by atoms with Gasteiger partial charge in [-0.05, 0) is 76.3 Å². The number of nitrogens with one attached hydrogen (secondary N) is 2. The average molecular weight is 537 g/mol. The normalized spacial score (nSPS) is 12.6. The molecule has 39 heavy (non-hydrogen) atoms. The number of benzene rings is 2. The number of aryl methyl sites for hydroxylation is 3. The number of nitrogens with zero attached hydrogens (tertiary/aromatic N) is 1. The van der Waals surface area contributed by atoms with Crippen LogP contribution in [-0.4, -0.2) is 46.9 Å². The van der Waals surface area contributed by atoms with Gasteiger partial charge in [-0.1, -0.05) is 42.5 Å². The molecule has 0 heterocycles. The van der Waals surface area contributed by atoms with E-state index in [1.54, 1.807) is 32.9 Å². The first-order valence-electron chi connectivity index (χ1n) is 12.9. The number of para-hydroxylation sites is 1. The number of alkyl carbamates (subject to hydrolysis) is 1. The quantitative estimate of drug-likeness (QED) is 0.365. The van der Waals surface area contributed by atoms with Crippen molar-refractivity contribution in [3.63, 3.8) is 0 Å². The van der Waals surface area contributed by atoms with Gasteiger partial charge in [-0.3, -0.25) is 14.4 Å². The standard InChI is InChI=1S/C30H40N4O5/c1-8-17-34(28(37)24(15-16-25(31)35)33-29(38)39-30(5,6)7)26(22-14-13-19(2)21(4)18-22)27(36)32-23-12-10-9-11-20(23)3/h8-14,18,24,26H,1,15-17H2,2-7H3,(H2,31,35)(H,32,36)(H,33,38). The summed E-state index contributed by atoms with van der Waals surface area (Å²) in [5, 5.41) is 5.51. The maximum atomic E-state index is 14.0. The average Bonchev–Trinajstić information content (AvgIpc) is 2.83. The van der Waals surface area contributed by atoms with E-state index in [2.05, 4.69) is 17.2 Å². The highest BCUT2D eigenvalue weighted by Gasteiger charge is 2.36. The fourth-order valence-corrected chi connectivity index (χ4v) is 3.98. The zero-order valence-corrected chi connectivity index (χ0v) is 23.7. The van der Waals surface area contributed by atoms with Gasteiger partial charge in [-0.25, -0.2) is 4.79 Å². The summed E-state index contributed by atoms with van der Waals surface area (Å²) in [7, 11) is 0. The molecule has 2 atom stereocenters. The molecule has 0 spiro atoms. The molecule has 0 saturated carbocycles. The van der Waals surface area contributed by atoms with Crippen molar-refractivity contribution in [3.8, 4) is 0 Å². The number of hydrogen-bond acceptors (Lipinski definition) is 5. The maximum absolute atomic E-state index is 14.0. The van der Waals surface area contributed by atoms with Crippen LogP contribution in [0.1, 0.15) is 61.9 Å². The summed E-state index contributed by atoms with van der Waals surface area (Å²) in [6, 6.07) is 10.6. The molecule has 2 aromatic carbocycles. The smallest absolute Gasteiger partial charge is 0.408 e. The summed E-state index contributed by atoms with van der Waals surface area (Å²) < 4.78 is 5.34. The molecule has 2 unspecified atom stereocenters. The number of carbonyl (C=O) groups is 4. The van der Waals surface area contributed by atoms with Gasteiger partial charge in [0.2, 0.25) is 11.8 Å². The van der Waals surface area contributed by atoms with E-state index >= 15 is 0 Å². The molecule has 0 saturated heterocycles. The molecule has 2 aromatic rings. The number of ether oxygens (including phenoxy) is 1. The van der Waals surface area contributed by atoms with E-state index in [4.69, 9.17) is 10.5 Å². The zero-order valence-electron chi connectivity index (χ0n) is 23.7. The van der Waals surface area contributed by atoms with Crippen molar-refractivity contribution in [1.82, 2.24) is 10.2 Å². The Balaban J connectivity index is 2.55. The minimum atomic E-state index is -1.17. The number of nitrogens with two attached hydrogens (primary N) is 1. The van der Waals surface area contributed by atoms with Gasteiger partial charge in [0.25, 0.3) is 5.91 Å². The Morgan fingerprint density at radius 3 is 2.26 bits per heavy atom. The van der Waals surface area contributed by atoms with Crippen molar-refractivity contribution in [1.29, 1.82) is 0 Å². The lowest BCUT2D eigenvalue weighted by Crippen LogP contribution is -2.52. The lowest BCUT2D eigenvalue weighted by molar-refractivity contribution is -0.140. The first-order valence-corrected chi connectivity index (χ1v) is 12.9. The predicted molar refractivity (Wildman–Crippen MR) is 152 cm³/mol. The fraction of sp³-hybridized carbons (Fsp3) is 0.400. The first-order chi connectivity index (χ1) is 18.2. The topological polar surface area (TPSA) is 131 Å². The second-order valence-electron chi connectivity index (χ2n) is 10.5. The van der Waals surface area contributed by atoms with Crippen LogP contribution in [0.5, 0.6) is 0 Å². The number of hydrogen-bond donors (Lipinski definition) is 3. The second-order valence-corrected chi connectivity index (χ2v) is 10.5. The molecule has 0 aliphatic rings. The Bertz CT molecular complexity index is 1220. The Hall–Kier alpha value is -4.14. The third-order valence-corrected chi connectivity index (χ3v) is 6.09. The molecule has 0 radical (unpaired) electrons. The van der Waals surface area contributed by atoms with Crippen LogP contribution in [-0.2, 0) is 19.1 Å². The summed E-state index contributed by atoms with van der Waals surface area (Å²) in [6.07, 6.45) is 0.458. The molecular formula is C30H40N4O5. The molecule has 210 valence electrons. The highest BCUT2D eigenvalue weighted by Crippen LogP contribution is 2.27. The predicted octanol–water partition coefficient (Wildman–Crippen LogP) is 4.47. The van der Waals surface area contributed by atoms with Gasteiger partial charge in [0.15, 0.2) is 0 Å². The van der Waals surface area contributed by atoms with Gasteiger partial charge in [-0.2, -0.15) is 0 Å². The lowest BCUT2D eigenvalue weighted by Gasteiger charge is -2.34. The number of rotatable bonds is 11. The van der Waals surface area contributed by atoms with Gasteiger partial charge in [0.1, 0.15) is 17.7 Å². The van der Waals surface area contributed by atoms with Crippen molar-refractivity contribution in [3.05, 3.63) is 77.4 Å². The van der Waals surface area contributed by atoms with Crippen molar-refractivity contribution in [2.45, 2.75) is 72.1 Å². The van der Waals surface area contributed by atoms with Crippen LogP contribution in [0.15, 0.2) is 55.1 Å². The zero-order chi connectivity index (χ0) is 29.3. The Labute approximate surface area is 230 Å². The first kappa shape index (κ1) is 31.1. The van der Waals surface area contributed by atoms with Crippen molar-refractivity contribution < 1.29 is 23.9 Å².